The van der Waals surface area contributed by atoms with Crippen LogP contribution in [0.2, 0.25) is 0 Å². The Kier molecular flexibility index (Phi) is 5.16. The molecule has 5 heteroatoms. The Bertz CT molecular complexity index is 540. The van der Waals surface area contributed by atoms with E-state index in [0.29, 0.717) is 18.7 Å². The quantitative estimate of drug-likeness (QED) is 0.932. The molecule has 2 amide bonds. The standard InChI is InChI=1S/C18H24N2O3/c21-17(19-14-8-3-1-4-9-14)16-12-7-13-20(16)18(22)23-15-10-5-2-6-11-15/h2,5-6,10-11,14,16H,1,3-4,7-9,12-13H2,(H,19,21)/t16-/m0/s1. The number of nitrogens with one attached hydrogen (secondary N) is 1. The summed E-state index contributed by atoms with van der Waals surface area (Å²) in [6, 6.07) is 8.86. The van der Waals surface area contributed by atoms with E-state index in [1.165, 1.54) is 19.3 Å². The molecule has 0 spiro atoms. The molecule has 3 rings (SSSR count). The lowest BCUT2D eigenvalue weighted by Crippen LogP contribution is -2.49. The van der Waals surface area contributed by atoms with Crippen molar-refractivity contribution in [2.24, 2.45) is 0 Å². The molecule has 0 radical (unpaired) electrons. The van der Waals surface area contributed by atoms with Crippen LogP contribution in [-0.4, -0.2) is 35.5 Å². The van der Waals surface area contributed by atoms with E-state index in [1.807, 2.05) is 18.2 Å². The minimum atomic E-state index is -0.433. The van der Waals surface area contributed by atoms with Crippen molar-refractivity contribution in [1.82, 2.24) is 10.2 Å². The molecule has 1 aliphatic heterocycles. The zero-order chi connectivity index (χ0) is 16.1. The summed E-state index contributed by atoms with van der Waals surface area (Å²) in [6.07, 6.45) is 6.82. The largest absolute Gasteiger partial charge is 0.415 e. The maximum Gasteiger partial charge on any atom is 0.415 e. The third-order valence-corrected chi connectivity index (χ3v) is 4.69. The van der Waals surface area contributed by atoms with E-state index < -0.39 is 12.1 Å². The van der Waals surface area contributed by atoms with Crippen molar-refractivity contribution in [2.45, 2.75) is 57.0 Å². The molecule has 1 N–H and O–H groups in total. The minimum Gasteiger partial charge on any atom is -0.410 e. The van der Waals surface area contributed by atoms with Gasteiger partial charge in [-0.1, -0.05) is 37.5 Å². The molecule has 1 atom stereocenters. The van der Waals surface area contributed by atoms with Crippen LogP contribution in [0, 0.1) is 0 Å². The van der Waals surface area contributed by atoms with Crippen molar-refractivity contribution in [3.05, 3.63) is 30.3 Å². The number of para-hydroxylation sites is 1. The third kappa shape index (κ3) is 4.03. The number of hydrogen-bond donors (Lipinski definition) is 1. The molecule has 1 aromatic rings. The number of ether oxygens (including phenoxy) is 1. The number of carbonyl (C=O) groups excluding carboxylic acids is 2. The van der Waals surface area contributed by atoms with E-state index >= 15 is 0 Å². The van der Waals surface area contributed by atoms with Crippen molar-refractivity contribution < 1.29 is 14.3 Å². The van der Waals surface area contributed by atoms with Crippen molar-refractivity contribution >= 4 is 12.0 Å². The zero-order valence-corrected chi connectivity index (χ0v) is 13.4. The van der Waals surface area contributed by atoms with Gasteiger partial charge in [0.25, 0.3) is 0 Å². The minimum absolute atomic E-state index is 0.0283. The first-order valence-corrected chi connectivity index (χ1v) is 8.58. The number of carbonyl (C=O) groups is 2. The summed E-state index contributed by atoms with van der Waals surface area (Å²) in [6.45, 7) is 0.578. The highest BCUT2D eigenvalue weighted by molar-refractivity contribution is 5.86. The fourth-order valence-corrected chi connectivity index (χ4v) is 3.45. The smallest absolute Gasteiger partial charge is 0.410 e. The molecule has 5 nitrogen and oxygen atoms in total. The molecule has 0 aromatic heterocycles. The van der Waals surface area contributed by atoms with Gasteiger partial charge in [-0.15, -0.1) is 0 Å². The van der Waals surface area contributed by atoms with Crippen LogP contribution < -0.4 is 10.1 Å². The van der Waals surface area contributed by atoms with E-state index in [4.69, 9.17) is 4.74 Å². The number of amides is 2. The monoisotopic (exact) mass is 316 g/mol. The van der Waals surface area contributed by atoms with E-state index in [2.05, 4.69) is 5.32 Å². The zero-order valence-electron chi connectivity index (χ0n) is 13.4. The van der Waals surface area contributed by atoms with Gasteiger partial charge in [0.2, 0.25) is 5.91 Å². The van der Waals surface area contributed by atoms with Gasteiger partial charge in [0.15, 0.2) is 0 Å². The summed E-state index contributed by atoms with van der Waals surface area (Å²) < 4.78 is 5.38. The molecule has 0 bridgehead atoms. The van der Waals surface area contributed by atoms with Crippen molar-refractivity contribution in [3.8, 4) is 5.75 Å². The molecule has 1 aromatic carbocycles. The third-order valence-electron chi connectivity index (χ3n) is 4.69. The van der Waals surface area contributed by atoms with E-state index in [-0.39, 0.29) is 11.9 Å². The number of benzene rings is 1. The van der Waals surface area contributed by atoms with Crippen LogP contribution >= 0.6 is 0 Å². The predicted octanol–water partition coefficient (Wildman–Crippen LogP) is 3.10. The SMILES string of the molecule is O=C(NC1CCCCC1)[C@@H]1CCCN1C(=O)Oc1ccccc1. The maximum absolute atomic E-state index is 12.5. The normalized spacial score (nSPS) is 21.9. The van der Waals surface area contributed by atoms with Gasteiger partial charge in [0.05, 0.1) is 0 Å². The van der Waals surface area contributed by atoms with Gasteiger partial charge in [-0.2, -0.15) is 0 Å². The van der Waals surface area contributed by atoms with Crippen LogP contribution in [0.15, 0.2) is 30.3 Å². The van der Waals surface area contributed by atoms with Gasteiger partial charge in [-0.3, -0.25) is 9.69 Å². The average Bonchev–Trinajstić information content (AvgIpc) is 3.06. The second-order valence-corrected chi connectivity index (χ2v) is 6.38. The van der Waals surface area contributed by atoms with Crippen LogP contribution in [0.4, 0.5) is 4.79 Å². The second kappa shape index (κ2) is 7.49. The lowest BCUT2D eigenvalue weighted by molar-refractivity contribution is -0.125. The molecule has 124 valence electrons. The first kappa shape index (κ1) is 15.8. The molecular weight excluding hydrogens is 292 g/mol. The first-order valence-electron chi connectivity index (χ1n) is 8.58. The molecular formula is C18H24N2O3. The maximum atomic E-state index is 12.5. The Morgan fingerprint density at radius 2 is 1.74 bits per heavy atom. The van der Waals surface area contributed by atoms with Gasteiger partial charge >= 0.3 is 6.09 Å². The van der Waals surface area contributed by atoms with Crippen molar-refractivity contribution in [3.63, 3.8) is 0 Å². The first-order chi connectivity index (χ1) is 11.2. The predicted molar refractivity (Wildman–Crippen MR) is 87.2 cm³/mol. The van der Waals surface area contributed by atoms with E-state index in [0.717, 1.165) is 19.3 Å². The lowest BCUT2D eigenvalue weighted by atomic mass is 9.95. The van der Waals surface area contributed by atoms with Gasteiger partial charge in [0, 0.05) is 12.6 Å². The summed E-state index contributed by atoms with van der Waals surface area (Å²) in [5.41, 5.74) is 0. The Morgan fingerprint density at radius 3 is 2.48 bits per heavy atom. The number of nitrogens with zero attached hydrogens (tertiary/aromatic N) is 1. The number of rotatable bonds is 3. The van der Waals surface area contributed by atoms with Gasteiger partial charge < -0.3 is 10.1 Å². The fraction of sp³-hybridized carbons (Fsp3) is 0.556. The second-order valence-electron chi connectivity index (χ2n) is 6.38. The van der Waals surface area contributed by atoms with E-state index in [9.17, 15) is 9.59 Å². The highest BCUT2D eigenvalue weighted by atomic mass is 16.6. The van der Waals surface area contributed by atoms with Crippen LogP contribution in [0.1, 0.15) is 44.9 Å². The topological polar surface area (TPSA) is 58.6 Å². The Labute approximate surface area is 137 Å². The fourth-order valence-electron chi connectivity index (χ4n) is 3.45. The molecule has 1 aliphatic carbocycles. The lowest BCUT2D eigenvalue weighted by Gasteiger charge is -2.27. The summed E-state index contributed by atoms with van der Waals surface area (Å²) in [5, 5.41) is 3.12. The average molecular weight is 316 g/mol. The molecule has 0 unspecified atom stereocenters. The molecule has 1 saturated carbocycles. The highest BCUT2D eigenvalue weighted by Gasteiger charge is 2.36. The number of hydrogen-bond acceptors (Lipinski definition) is 3. The summed E-state index contributed by atoms with van der Waals surface area (Å²) in [5.74, 6) is 0.482. The van der Waals surface area contributed by atoms with Gasteiger partial charge in [-0.05, 0) is 37.8 Å². The summed E-state index contributed by atoms with van der Waals surface area (Å²) >= 11 is 0. The Balaban J connectivity index is 1.58. The van der Waals surface area contributed by atoms with Gasteiger partial charge in [0.1, 0.15) is 11.8 Å². The molecule has 1 saturated heterocycles. The highest BCUT2D eigenvalue weighted by Crippen LogP contribution is 2.22. The Hall–Kier alpha value is -2.04. The van der Waals surface area contributed by atoms with Crippen LogP contribution in [0.5, 0.6) is 5.75 Å². The molecule has 2 fully saturated rings. The van der Waals surface area contributed by atoms with Crippen molar-refractivity contribution in [2.75, 3.05) is 6.54 Å². The number of likely N-dealkylation sites (tertiary alicyclic amines) is 1. The van der Waals surface area contributed by atoms with E-state index in [1.54, 1.807) is 17.0 Å². The molecule has 2 aliphatic rings. The summed E-state index contributed by atoms with van der Waals surface area (Å²) in [7, 11) is 0. The van der Waals surface area contributed by atoms with Crippen LogP contribution in [-0.2, 0) is 4.79 Å². The molecule has 1 heterocycles. The van der Waals surface area contributed by atoms with Crippen LogP contribution in [0.3, 0.4) is 0 Å². The van der Waals surface area contributed by atoms with Crippen LogP contribution in [0.25, 0.3) is 0 Å². The molecule has 23 heavy (non-hydrogen) atoms. The van der Waals surface area contributed by atoms with Gasteiger partial charge in [-0.25, -0.2) is 4.79 Å². The summed E-state index contributed by atoms with van der Waals surface area (Å²) in [4.78, 5) is 26.4. The van der Waals surface area contributed by atoms with Crippen molar-refractivity contribution in [1.29, 1.82) is 0 Å². The Morgan fingerprint density at radius 1 is 1.00 bits per heavy atom.